The standard InChI is InChI=1S/C16H19FN2O2/c17-13-7-5-12(6-8-13)11-19-14(20)16(18-15(19)21)9-3-1-2-4-10-16/h5-8H,1-4,9-11H2,(H,18,21). The van der Waals surface area contributed by atoms with Gasteiger partial charge in [-0.2, -0.15) is 0 Å². The highest BCUT2D eigenvalue weighted by Crippen LogP contribution is 2.33. The molecule has 1 aliphatic heterocycles. The molecule has 3 rings (SSSR count). The normalized spacial score (nSPS) is 21.5. The Morgan fingerprint density at radius 1 is 1.05 bits per heavy atom. The highest BCUT2D eigenvalue weighted by Gasteiger charge is 2.50. The first-order valence-corrected chi connectivity index (χ1v) is 7.49. The molecule has 1 aliphatic carbocycles. The van der Waals surface area contributed by atoms with Gasteiger partial charge in [0.1, 0.15) is 11.4 Å². The zero-order chi connectivity index (χ0) is 14.9. The smallest absolute Gasteiger partial charge is 0.323 e. The van der Waals surface area contributed by atoms with Gasteiger partial charge in [-0.15, -0.1) is 0 Å². The van der Waals surface area contributed by atoms with E-state index >= 15 is 0 Å². The van der Waals surface area contributed by atoms with Gasteiger partial charge in [0.25, 0.3) is 5.91 Å². The fraction of sp³-hybridized carbons (Fsp3) is 0.500. The lowest BCUT2D eigenvalue weighted by molar-refractivity contribution is -0.132. The van der Waals surface area contributed by atoms with Crippen molar-refractivity contribution in [2.45, 2.75) is 50.6 Å². The van der Waals surface area contributed by atoms with Gasteiger partial charge in [-0.05, 0) is 30.5 Å². The molecule has 5 heteroatoms. The topological polar surface area (TPSA) is 49.4 Å². The molecule has 1 saturated heterocycles. The van der Waals surface area contributed by atoms with E-state index in [1.54, 1.807) is 12.1 Å². The molecule has 2 fully saturated rings. The van der Waals surface area contributed by atoms with Crippen LogP contribution in [0.4, 0.5) is 9.18 Å². The van der Waals surface area contributed by atoms with Crippen LogP contribution in [-0.4, -0.2) is 22.4 Å². The molecular formula is C16H19FN2O2. The van der Waals surface area contributed by atoms with E-state index in [2.05, 4.69) is 5.32 Å². The Morgan fingerprint density at radius 2 is 1.67 bits per heavy atom. The molecule has 3 amide bonds. The van der Waals surface area contributed by atoms with E-state index < -0.39 is 5.54 Å². The number of carbonyl (C=O) groups excluding carboxylic acids is 2. The molecule has 0 radical (unpaired) electrons. The van der Waals surface area contributed by atoms with Crippen LogP contribution in [0.25, 0.3) is 0 Å². The van der Waals surface area contributed by atoms with Crippen molar-refractivity contribution in [2.24, 2.45) is 0 Å². The van der Waals surface area contributed by atoms with Crippen LogP contribution in [0, 0.1) is 5.82 Å². The number of nitrogens with one attached hydrogen (secondary N) is 1. The largest absolute Gasteiger partial charge is 0.325 e. The van der Waals surface area contributed by atoms with Crippen LogP contribution < -0.4 is 5.32 Å². The minimum Gasteiger partial charge on any atom is -0.323 e. The van der Waals surface area contributed by atoms with Crippen LogP contribution in [0.2, 0.25) is 0 Å². The van der Waals surface area contributed by atoms with Crippen molar-refractivity contribution in [1.29, 1.82) is 0 Å². The van der Waals surface area contributed by atoms with E-state index in [4.69, 9.17) is 0 Å². The summed E-state index contributed by atoms with van der Waals surface area (Å²) in [5.41, 5.74) is 0.0544. The summed E-state index contributed by atoms with van der Waals surface area (Å²) in [4.78, 5) is 26.1. The SMILES string of the molecule is O=C1NC2(CCCCCC2)C(=O)N1Cc1ccc(F)cc1. The predicted molar refractivity (Wildman–Crippen MR) is 75.9 cm³/mol. The number of imide groups is 1. The number of rotatable bonds is 2. The van der Waals surface area contributed by atoms with Gasteiger partial charge in [-0.3, -0.25) is 9.69 Å². The van der Waals surface area contributed by atoms with Gasteiger partial charge in [-0.1, -0.05) is 37.8 Å². The summed E-state index contributed by atoms with van der Waals surface area (Å²) < 4.78 is 12.9. The molecule has 1 heterocycles. The second-order valence-corrected chi connectivity index (χ2v) is 5.94. The lowest BCUT2D eigenvalue weighted by Gasteiger charge is -2.24. The number of halogens is 1. The number of benzene rings is 1. The van der Waals surface area contributed by atoms with Gasteiger partial charge >= 0.3 is 6.03 Å². The Labute approximate surface area is 123 Å². The van der Waals surface area contributed by atoms with Crippen molar-refractivity contribution in [3.8, 4) is 0 Å². The van der Waals surface area contributed by atoms with Crippen molar-refractivity contribution in [3.05, 3.63) is 35.6 Å². The van der Waals surface area contributed by atoms with Crippen molar-refractivity contribution < 1.29 is 14.0 Å². The summed E-state index contributed by atoms with van der Waals surface area (Å²) in [6.07, 6.45) is 5.60. The van der Waals surface area contributed by atoms with Crippen molar-refractivity contribution in [2.75, 3.05) is 0 Å². The second-order valence-electron chi connectivity index (χ2n) is 5.94. The van der Waals surface area contributed by atoms with Crippen LogP contribution in [0.15, 0.2) is 24.3 Å². The Bertz CT molecular complexity index is 548. The molecule has 21 heavy (non-hydrogen) atoms. The summed E-state index contributed by atoms with van der Waals surface area (Å²) in [5, 5.41) is 2.90. The summed E-state index contributed by atoms with van der Waals surface area (Å²) in [5.74, 6) is -0.449. The van der Waals surface area contributed by atoms with Crippen molar-refractivity contribution in [1.82, 2.24) is 10.2 Å². The van der Waals surface area contributed by atoms with E-state index in [0.29, 0.717) is 0 Å². The van der Waals surface area contributed by atoms with E-state index in [1.165, 1.54) is 17.0 Å². The Kier molecular flexibility index (Phi) is 3.66. The molecule has 0 aromatic heterocycles. The minimum atomic E-state index is -0.701. The molecule has 1 spiro atoms. The fourth-order valence-electron chi connectivity index (χ4n) is 3.26. The van der Waals surface area contributed by atoms with Gasteiger partial charge in [0.05, 0.1) is 6.54 Å². The summed E-state index contributed by atoms with van der Waals surface area (Å²) in [6.45, 7) is 0.201. The number of nitrogens with zero attached hydrogens (tertiary/aromatic N) is 1. The molecule has 1 aromatic rings. The number of carbonyl (C=O) groups is 2. The molecule has 1 aromatic carbocycles. The highest BCUT2D eigenvalue weighted by molar-refractivity contribution is 6.07. The summed E-state index contributed by atoms with van der Waals surface area (Å²) in [7, 11) is 0. The maximum absolute atomic E-state index is 12.9. The van der Waals surface area contributed by atoms with Crippen molar-refractivity contribution in [3.63, 3.8) is 0 Å². The van der Waals surface area contributed by atoms with Gasteiger partial charge < -0.3 is 5.32 Å². The second kappa shape index (κ2) is 5.47. The fourth-order valence-corrected chi connectivity index (χ4v) is 3.26. The zero-order valence-corrected chi connectivity index (χ0v) is 11.9. The molecule has 0 unspecified atom stereocenters. The number of hydrogen-bond donors (Lipinski definition) is 1. The average Bonchev–Trinajstić information content (AvgIpc) is 2.64. The maximum Gasteiger partial charge on any atom is 0.325 e. The molecular weight excluding hydrogens is 271 g/mol. The van der Waals surface area contributed by atoms with Gasteiger partial charge in [0.2, 0.25) is 0 Å². The molecule has 2 aliphatic rings. The first kappa shape index (κ1) is 14.0. The number of hydrogen-bond acceptors (Lipinski definition) is 2. The Balaban J connectivity index is 1.78. The molecule has 1 N–H and O–H groups in total. The number of amides is 3. The van der Waals surface area contributed by atoms with Crippen LogP contribution in [0.1, 0.15) is 44.1 Å². The quantitative estimate of drug-likeness (QED) is 0.851. The van der Waals surface area contributed by atoms with Crippen LogP contribution in [-0.2, 0) is 11.3 Å². The van der Waals surface area contributed by atoms with E-state index in [0.717, 1.165) is 44.1 Å². The molecule has 0 atom stereocenters. The molecule has 0 bridgehead atoms. The lowest BCUT2D eigenvalue weighted by atomic mass is 9.90. The molecule has 1 saturated carbocycles. The average molecular weight is 290 g/mol. The summed E-state index contributed by atoms with van der Waals surface area (Å²) in [6, 6.07) is 5.57. The first-order chi connectivity index (χ1) is 10.1. The minimum absolute atomic E-state index is 0.126. The third-order valence-electron chi connectivity index (χ3n) is 4.46. The van der Waals surface area contributed by atoms with Gasteiger partial charge in [0, 0.05) is 0 Å². The van der Waals surface area contributed by atoms with Gasteiger partial charge in [-0.25, -0.2) is 9.18 Å². The maximum atomic E-state index is 12.9. The van der Waals surface area contributed by atoms with Gasteiger partial charge in [0.15, 0.2) is 0 Å². The Morgan fingerprint density at radius 3 is 2.29 bits per heavy atom. The summed E-state index contributed by atoms with van der Waals surface area (Å²) >= 11 is 0. The third kappa shape index (κ3) is 2.64. The molecule has 112 valence electrons. The predicted octanol–water partition coefficient (Wildman–Crippen LogP) is 2.97. The number of urea groups is 1. The van der Waals surface area contributed by atoms with E-state index in [-0.39, 0.29) is 24.3 Å². The van der Waals surface area contributed by atoms with Crippen LogP contribution in [0.5, 0.6) is 0 Å². The highest BCUT2D eigenvalue weighted by atomic mass is 19.1. The van der Waals surface area contributed by atoms with Crippen LogP contribution >= 0.6 is 0 Å². The molecule has 4 nitrogen and oxygen atoms in total. The van der Waals surface area contributed by atoms with Crippen molar-refractivity contribution >= 4 is 11.9 Å². The van der Waals surface area contributed by atoms with E-state index in [1.807, 2.05) is 0 Å². The van der Waals surface area contributed by atoms with E-state index in [9.17, 15) is 14.0 Å². The lowest BCUT2D eigenvalue weighted by Crippen LogP contribution is -2.46. The monoisotopic (exact) mass is 290 g/mol. The zero-order valence-electron chi connectivity index (χ0n) is 11.9. The van der Waals surface area contributed by atoms with Crippen LogP contribution in [0.3, 0.4) is 0 Å². The first-order valence-electron chi connectivity index (χ1n) is 7.49. The third-order valence-corrected chi connectivity index (χ3v) is 4.46. The Hall–Kier alpha value is -1.91.